The predicted molar refractivity (Wildman–Crippen MR) is 190 cm³/mol. The SMILES string of the molecule is C#Cc1c(F)ccc2cc(O)cc(-c3ncc4c(N5CC6CCC(C5)N6C(=O)OCCCCC)nc(OC[C@@]56CCCN5C[C@H](F)C6)nc4c3F)c12. The highest BCUT2D eigenvalue weighted by Gasteiger charge is 2.50. The Hall–Kier alpha value is -4.83. The van der Waals surface area contributed by atoms with Gasteiger partial charge in [0.15, 0.2) is 5.82 Å². The van der Waals surface area contributed by atoms with Gasteiger partial charge in [0.25, 0.3) is 0 Å². The number of amides is 1. The van der Waals surface area contributed by atoms with Crippen LogP contribution in [0.4, 0.5) is 23.8 Å². The minimum absolute atomic E-state index is 0.0664. The molecule has 2 aromatic carbocycles. The Morgan fingerprint density at radius 2 is 1.94 bits per heavy atom. The van der Waals surface area contributed by atoms with E-state index >= 15 is 4.39 Å². The maximum atomic E-state index is 17.0. The first-order valence-corrected chi connectivity index (χ1v) is 18.2. The minimum Gasteiger partial charge on any atom is -0.508 e. The number of hydrogen-bond donors (Lipinski definition) is 1. The summed E-state index contributed by atoms with van der Waals surface area (Å²) in [5, 5.41) is 11.6. The number of alkyl halides is 1. The number of ether oxygens (including phenoxy) is 2. The Morgan fingerprint density at radius 1 is 1.13 bits per heavy atom. The van der Waals surface area contributed by atoms with Crippen molar-refractivity contribution in [1.82, 2.24) is 24.8 Å². The van der Waals surface area contributed by atoms with E-state index in [2.05, 4.69) is 27.7 Å². The molecule has 4 aliphatic rings. The zero-order valence-corrected chi connectivity index (χ0v) is 29.1. The number of piperazine rings is 1. The lowest BCUT2D eigenvalue weighted by Crippen LogP contribution is -2.56. The normalized spacial score (nSPS) is 24.1. The fourth-order valence-electron chi connectivity index (χ4n) is 8.88. The molecule has 4 aliphatic heterocycles. The highest BCUT2D eigenvalue weighted by molar-refractivity contribution is 6.03. The van der Waals surface area contributed by atoms with Crippen molar-refractivity contribution in [3.05, 3.63) is 47.7 Å². The molecule has 13 heteroatoms. The van der Waals surface area contributed by atoms with Gasteiger partial charge in [-0.15, -0.1) is 6.42 Å². The van der Waals surface area contributed by atoms with Crippen molar-refractivity contribution in [2.45, 2.75) is 82.1 Å². The van der Waals surface area contributed by atoms with Gasteiger partial charge in [0.2, 0.25) is 0 Å². The van der Waals surface area contributed by atoms with Crippen LogP contribution in [0, 0.1) is 24.0 Å². The molecular formula is C39H41F3N6O4. The van der Waals surface area contributed by atoms with Gasteiger partial charge in [-0.25, -0.2) is 18.0 Å². The number of aromatic hydroxyl groups is 1. The van der Waals surface area contributed by atoms with Gasteiger partial charge in [-0.2, -0.15) is 9.97 Å². The number of aromatic nitrogens is 3. The number of pyridine rings is 1. The highest BCUT2D eigenvalue weighted by atomic mass is 19.1. The molecule has 1 amide bonds. The summed E-state index contributed by atoms with van der Waals surface area (Å²) in [6.07, 6.45) is 12.3. The summed E-state index contributed by atoms with van der Waals surface area (Å²) in [7, 11) is 0. The number of anilines is 1. The van der Waals surface area contributed by atoms with E-state index in [0.29, 0.717) is 49.3 Å². The van der Waals surface area contributed by atoms with Gasteiger partial charge in [0.1, 0.15) is 41.4 Å². The fourth-order valence-corrected chi connectivity index (χ4v) is 8.88. The Balaban J connectivity index is 1.20. The topological polar surface area (TPSA) is 104 Å². The van der Waals surface area contributed by atoms with Crippen LogP contribution in [0.25, 0.3) is 32.9 Å². The van der Waals surface area contributed by atoms with Gasteiger partial charge >= 0.3 is 12.1 Å². The van der Waals surface area contributed by atoms with Crippen LogP contribution in [0.2, 0.25) is 0 Å². The van der Waals surface area contributed by atoms with Crippen LogP contribution in [0.1, 0.15) is 63.9 Å². The second-order valence-corrected chi connectivity index (χ2v) is 14.6. The molecule has 272 valence electrons. The number of carbonyl (C=O) groups excluding carboxylic acids is 1. The van der Waals surface area contributed by atoms with Crippen molar-refractivity contribution in [3.8, 4) is 35.4 Å². The van der Waals surface area contributed by atoms with Crippen LogP contribution in [0.3, 0.4) is 0 Å². The maximum absolute atomic E-state index is 17.0. The van der Waals surface area contributed by atoms with E-state index in [0.717, 1.165) is 51.5 Å². The van der Waals surface area contributed by atoms with E-state index in [9.17, 15) is 18.7 Å². The monoisotopic (exact) mass is 714 g/mol. The van der Waals surface area contributed by atoms with Gasteiger partial charge in [-0.3, -0.25) is 14.8 Å². The Kier molecular flexibility index (Phi) is 8.97. The molecule has 52 heavy (non-hydrogen) atoms. The predicted octanol–water partition coefficient (Wildman–Crippen LogP) is 6.75. The first-order chi connectivity index (χ1) is 25.2. The first kappa shape index (κ1) is 34.3. The van der Waals surface area contributed by atoms with Crippen LogP contribution < -0.4 is 9.64 Å². The van der Waals surface area contributed by atoms with E-state index in [1.807, 2.05) is 9.80 Å². The van der Waals surface area contributed by atoms with Crippen molar-refractivity contribution >= 4 is 33.6 Å². The van der Waals surface area contributed by atoms with Crippen LogP contribution in [0.5, 0.6) is 11.8 Å². The standard InChI is InChI=1S/C39H41F3N6O4/c1-3-5-6-14-51-38(50)48-25-9-10-26(48)21-46(20-25)36-30-18-43-34(29-16-27(49)15-23-8-11-31(41)28(4-2)32(23)29)33(42)35(30)44-37(45-36)52-22-39-12-7-13-47(39)19-24(40)17-39/h2,8,11,15-16,18,24-26,49H,3,5-7,9-10,12-14,17,19-22H2,1H3/t24-,25?,26?,39+/m1/s1. The average molecular weight is 715 g/mol. The van der Waals surface area contributed by atoms with Crippen molar-refractivity contribution in [3.63, 3.8) is 0 Å². The number of phenolic OH excluding ortho intramolecular Hbond substituents is 1. The third-order valence-electron chi connectivity index (χ3n) is 11.3. The molecule has 2 unspecified atom stereocenters. The summed E-state index contributed by atoms with van der Waals surface area (Å²) < 4.78 is 58.4. The molecule has 6 heterocycles. The molecule has 8 rings (SSSR count). The minimum atomic E-state index is -0.956. The van der Waals surface area contributed by atoms with Crippen molar-refractivity contribution in [1.29, 1.82) is 0 Å². The molecule has 4 aromatic rings. The molecule has 1 N–H and O–H groups in total. The van der Waals surface area contributed by atoms with Gasteiger partial charge in [-0.05, 0) is 62.2 Å². The van der Waals surface area contributed by atoms with Gasteiger partial charge < -0.3 is 19.5 Å². The number of hydrogen-bond acceptors (Lipinski definition) is 9. The molecule has 4 atom stereocenters. The summed E-state index contributed by atoms with van der Waals surface area (Å²) in [6, 6.07) is 5.06. The zero-order chi connectivity index (χ0) is 36.1. The molecule has 2 aromatic heterocycles. The number of rotatable bonds is 9. The Labute approximate surface area is 299 Å². The number of carbonyl (C=O) groups is 1. The van der Waals surface area contributed by atoms with Crippen LogP contribution in [-0.2, 0) is 4.74 Å². The molecule has 2 bridgehead atoms. The molecule has 0 spiro atoms. The molecule has 10 nitrogen and oxygen atoms in total. The Morgan fingerprint density at radius 3 is 2.71 bits per heavy atom. The van der Waals surface area contributed by atoms with Gasteiger partial charge in [-0.1, -0.05) is 31.8 Å². The van der Waals surface area contributed by atoms with Gasteiger partial charge in [0.05, 0.1) is 35.2 Å². The largest absolute Gasteiger partial charge is 0.508 e. The molecule has 4 saturated heterocycles. The number of benzene rings is 2. The maximum Gasteiger partial charge on any atom is 0.410 e. The first-order valence-electron chi connectivity index (χ1n) is 18.2. The molecule has 4 fully saturated rings. The van der Waals surface area contributed by atoms with E-state index in [1.54, 1.807) is 0 Å². The van der Waals surface area contributed by atoms with E-state index in [-0.39, 0.29) is 64.3 Å². The molecule has 0 radical (unpaired) electrons. The summed E-state index contributed by atoms with van der Waals surface area (Å²) in [5.74, 6) is 1.10. The van der Waals surface area contributed by atoms with Crippen molar-refractivity contribution < 1.29 is 32.5 Å². The lowest BCUT2D eigenvalue weighted by Gasteiger charge is -2.41. The average Bonchev–Trinajstić information content (AvgIpc) is 3.75. The second-order valence-electron chi connectivity index (χ2n) is 14.6. The number of halogens is 3. The number of phenols is 1. The number of nitrogens with zero attached hydrogens (tertiary/aromatic N) is 6. The van der Waals surface area contributed by atoms with Crippen LogP contribution in [-0.4, -0.2) is 99.1 Å². The highest BCUT2D eigenvalue weighted by Crippen LogP contribution is 2.42. The fraction of sp³-hybridized carbons (Fsp3) is 0.487. The summed E-state index contributed by atoms with van der Waals surface area (Å²) in [5.41, 5.74) is -0.729. The third kappa shape index (κ3) is 5.90. The smallest absolute Gasteiger partial charge is 0.410 e. The van der Waals surface area contributed by atoms with E-state index in [4.69, 9.17) is 20.9 Å². The van der Waals surface area contributed by atoms with Gasteiger partial charge in [0, 0.05) is 43.2 Å². The summed E-state index contributed by atoms with van der Waals surface area (Å²) in [4.78, 5) is 33.0. The Bertz CT molecular complexity index is 2080. The summed E-state index contributed by atoms with van der Waals surface area (Å²) in [6.45, 7) is 4.61. The lowest BCUT2D eigenvalue weighted by molar-refractivity contribution is 0.0773. The third-order valence-corrected chi connectivity index (χ3v) is 11.3. The van der Waals surface area contributed by atoms with Crippen LogP contribution in [0.15, 0.2) is 30.5 Å². The molecule has 0 saturated carbocycles. The van der Waals surface area contributed by atoms with Crippen molar-refractivity contribution in [2.75, 3.05) is 44.3 Å². The number of fused-ring (bicyclic) bond motifs is 5. The number of terminal acetylenes is 1. The van der Waals surface area contributed by atoms with E-state index < -0.39 is 23.3 Å². The second kappa shape index (κ2) is 13.6. The van der Waals surface area contributed by atoms with Crippen molar-refractivity contribution in [2.24, 2.45) is 0 Å². The summed E-state index contributed by atoms with van der Waals surface area (Å²) >= 11 is 0. The van der Waals surface area contributed by atoms with Crippen LogP contribution >= 0.6 is 0 Å². The molecular weight excluding hydrogens is 673 g/mol. The quantitative estimate of drug-likeness (QED) is 0.149. The molecule has 0 aliphatic carbocycles. The lowest BCUT2D eigenvalue weighted by atomic mass is 9.95. The van der Waals surface area contributed by atoms with E-state index in [1.165, 1.54) is 30.5 Å². The zero-order valence-electron chi connectivity index (χ0n) is 29.1. The number of unbranched alkanes of at least 4 members (excludes halogenated alkanes) is 2.